The van der Waals surface area contributed by atoms with Gasteiger partial charge in [0.1, 0.15) is 11.5 Å². The summed E-state index contributed by atoms with van der Waals surface area (Å²) >= 11 is 0. The molecule has 0 spiro atoms. The van der Waals surface area contributed by atoms with Gasteiger partial charge in [0.15, 0.2) is 0 Å². The zero-order valence-electron chi connectivity index (χ0n) is 13.9. The van der Waals surface area contributed by atoms with Crippen LogP contribution in [0.3, 0.4) is 0 Å². The van der Waals surface area contributed by atoms with E-state index in [2.05, 4.69) is 28.9 Å². The lowest BCUT2D eigenvalue weighted by Crippen LogP contribution is -2.46. The molecule has 22 heavy (non-hydrogen) atoms. The third kappa shape index (κ3) is 4.12. The zero-order chi connectivity index (χ0) is 15.4. The van der Waals surface area contributed by atoms with Crippen LogP contribution in [0.2, 0.25) is 0 Å². The molecule has 3 heterocycles. The normalized spacial score (nSPS) is 27.5. The highest BCUT2D eigenvalue weighted by molar-refractivity contribution is 5.08. The van der Waals surface area contributed by atoms with Crippen molar-refractivity contribution in [3.63, 3.8) is 0 Å². The van der Waals surface area contributed by atoms with Crippen LogP contribution in [0.15, 0.2) is 16.5 Å². The number of aryl methyl sites for hydroxylation is 1. The highest BCUT2D eigenvalue weighted by atomic mass is 16.3. The Hall–Kier alpha value is -0.840. The van der Waals surface area contributed by atoms with Gasteiger partial charge in [-0.2, -0.15) is 0 Å². The number of nitrogens with zero attached hydrogens (tertiary/aromatic N) is 2. The van der Waals surface area contributed by atoms with E-state index >= 15 is 0 Å². The van der Waals surface area contributed by atoms with Crippen LogP contribution in [-0.4, -0.2) is 53.2 Å². The van der Waals surface area contributed by atoms with Crippen molar-refractivity contribution in [1.82, 2.24) is 9.80 Å². The van der Waals surface area contributed by atoms with E-state index < -0.39 is 5.60 Å². The number of furan rings is 1. The van der Waals surface area contributed by atoms with E-state index in [4.69, 9.17) is 4.42 Å². The molecule has 2 aliphatic heterocycles. The summed E-state index contributed by atoms with van der Waals surface area (Å²) in [7, 11) is 0. The molecule has 0 aliphatic carbocycles. The van der Waals surface area contributed by atoms with Crippen LogP contribution in [0.5, 0.6) is 0 Å². The third-order valence-corrected chi connectivity index (χ3v) is 4.97. The van der Waals surface area contributed by atoms with E-state index in [1.165, 1.54) is 19.3 Å². The predicted molar refractivity (Wildman–Crippen MR) is 87.8 cm³/mol. The van der Waals surface area contributed by atoms with Gasteiger partial charge in [0.25, 0.3) is 0 Å². The number of β-amino-alcohol motifs (C(OH)–C–C–N with tert-alkyl or cyclic N) is 1. The molecule has 0 bridgehead atoms. The second kappa shape index (κ2) is 7.16. The number of hydrogen-bond donors (Lipinski definition) is 1. The van der Waals surface area contributed by atoms with E-state index in [-0.39, 0.29) is 0 Å². The molecule has 4 heteroatoms. The number of aliphatic hydroxyl groups is 1. The van der Waals surface area contributed by atoms with Gasteiger partial charge in [-0.15, -0.1) is 0 Å². The topological polar surface area (TPSA) is 39.9 Å². The minimum atomic E-state index is -0.532. The van der Waals surface area contributed by atoms with Crippen molar-refractivity contribution in [2.24, 2.45) is 0 Å². The summed E-state index contributed by atoms with van der Waals surface area (Å²) < 4.78 is 5.87. The molecule has 2 fully saturated rings. The molecular formula is C18H30N2O2. The Balaban J connectivity index is 1.50. The Morgan fingerprint density at radius 1 is 1.09 bits per heavy atom. The molecular weight excluding hydrogens is 276 g/mol. The first-order chi connectivity index (χ1) is 10.7. The molecule has 4 nitrogen and oxygen atoms in total. The Morgan fingerprint density at radius 2 is 1.86 bits per heavy atom. The molecule has 1 atom stereocenters. The lowest BCUT2D eigenvalue weighted by atomic mass is 10.0. The average molecular weight is 306 g/mol. The number of likely N-dealkylation sites (tertiary alicyclic amines) is 2. The molecule has 1 unspecified atom stereocenters. The highest BCUT2D eigenvalue weighted by Crippen LogP contribution is 2.26. The molecule has 0 saturated carbocycles. The minimum Gasteiger partial charge on any atom is -0.465 e. The Bertz CT molecular complexity index is 467. The predicted octanol–water partition coefficient (Wildman–Crippen LogP) is 2.65. The van der Waals surface area contributed by atoms with Crippen LogP contribution in [-0.2, 0) is 13.0 Å². The van der Waals surface area contributed by atoms with Crippen LogP contribution in [0.4, 0.5) is 0 Å². The largest absolute Gasteiger partial charge is 0.465 e. The molecule has 0 amide bonds. The Labute approximate surface area is 134 Å². The van der Waals surface area contributed by atoms with Gasteiger partial charge >= 0.3 is 0 Å². The molecule has 1 N–H and O–H groups in total. The van der Waals surface area contributed by atoms with Crippen LogP contribution in [0.1, 0.15) is 50.5 Å². The molecule has 0 aromatic carbocycles. The van der Waals surface area contributed by atoms with Gasteiger partial charge in [-0.3, -0.25) is 4.90 Å². The first-order valence-electron chi connectivity index (χ1n) is 8.91. The van der Waals surface area contributed by atoms with Gasteiger partial charge in [-0.05, 0) is 50.9 Å². The van der Waals surface area contributed by atoms with Gasteiger partial charge in [-0.1, -0.05) is 13.3 Å². The van der Waals surface area contributed by atoms with Crippen molar-refractivity contribution in [2.75, 3.05) is 32.7 Å². The number of hydrogen-bond acceptors (Lipinski definition) is 4. The molecule has 0 radical (unpaired) electrons. The van der Waals surface area contributed by atoms with Gasteiger partial charge in [0.05, 0.1) is 12.1 Å². The van der Waals surface area contributed by atoms with E-state index in [1.807, 2.05) is 0 Å². The van der Waals surface area contributed by atoms with E-state index in [9.17, 15) is 5.11 Å². The Kier molecular flexibility index (Phi) is 5.21. The highest BCUT2D eigenvalue weighted by Gasteiger charge is 2.37. The minimum absolute atomic E-state index is 0.532. The van der Waals surface area contributed by atoms with Crippen molar-refractivity contribution >= 4 is 0 Å². The fourth-order valence-electron chi connectivity index (χ4n) is 3.85. The summed E-state index contributed by atoms with van der Waals surface area (Å²) in [5.41, 5.74) is -0.532. The van der Waals surface area contributed by atoms with Crippen LogP contribution in [0, 0.1) is 0 Å². The average Bonchev–Trinajstić information content (AvgIpc) is 3.08. The van der Waals surface area contributed by atoms with Crippen molar-refractivity contribution in [3.05, 3.63) is 23.7 Å². The maximum absolute atomic E-state index is 10.9. The van der Waals surface area contributed by atoms with Crippen molar-refractivity contribution in [1.29, 1.82) is 0 Å². The fraction of sp³-hybridized carbons (Fsp3) is 0.778. The summed E-state index contributed by atoms with van der Waals surface area (Å²) in [5, 5.41) is 10.9. The molecule has 124 valence electrons. The fourth-order valence-corrected chi connectivity index (χ4v) is 3.85. The first kappa shape index (κ1) is 16.0. The van der Waals surface area contributed by atoms with Crippen molar-refractivity contribution in [2.45, 2.75) is 57.6 Å². The van der Waals surface area contributed by atoms with Crippen LogP contribution < -0.4 is 0 Å². The van der Waals surface area contributed by atoms with Gasteiger partial charge in [0, 0.05) is 26.1 Å². The number of rotatable bonds is 6. The maximum atomic E-state index is 10.9. The Morgan fingerprint density at radius 3 is 2.64 bits per heavy atom. The van der Waals surface area contributed by atoms with E-state index in [1.54, 1.807) is 0 Å². The quantitative estimate of drug-likeness (QED) is 0.877. The zero-order valence-corrected chi connectivity index (χ0v) is 13.9. The summed E-state index contributed by atoms with van der Waals surface area (Å²) in [6.45, 7) is 7.88. The summed E-state index contributed by atoms with van der Waals surface area (Å²) in [6, 6.07) is 4.18. The smallest absolute Gasteiger partial charge is 0.118 e. The number of piperidine rings is 1. The lowest BCUT2D eigenvalue weighted by Gasteiger charge is -2.33. The SMILES string of the molecule is CCCc1ccc(CN2CCC(O)(CN3CCCCC3)C2)o1. The molecule has 3 rings (SSSR count). The molecule has 1 aromatic rings. The molecule has 2 aliphatic rings. The lowest BCUT2D eigenvalue weighted by molar-refractivity contribution is 0.00594. The van der Waals surface area contributed by atoms with E-state index in [0.29, 0.717) is 0 Å². The van der Waals surface area contributed by atoms with Gasteiger partial charge in [-0.25, -0.2) is 0 Å². The monoisotopic (exact) mass is 306 g/mol. The first-order valence-corrected chi connectivity index (χ1v) is 8.91. The summed E-state index contributed by atoms with van der Waals surface area (Å²) in [4.78, 5) is 4.78. The molecule has 1 aromatic heterocycles. The van der Waals surface area contributed by atoms with Crippen molar-refractivity contribution < 1.29 is 9.52 Å². The van der Waals surface area contributed by atoms with Gasteiger partial charge in [0.2, 0.25) is 0 Å². The van der Waals surface area contributed by atoms with Gasteiger partial charge < -0.3 is 14.4 Å². The third-order valence-electron chi connectivity index (χ3n) is 4.97. The van der Waals surface area contributed by atoms with Crippen LogP contribution in [0.25, 0.3) is 0 Å². The van der Waals surface area contributed by atoms with Crippen molar-refractivity contribution in [3.8, 4) is 0 Å². The summed E-state index contributed by atoms with van der Waals surface area (Å²) in [6.07, 6.45) is 6.93. The maximum Gasteiger partial charge on any atom is 0.118 e. The summed E-state index contributed by atoms with van der Waals surface area (Å²) in [5.74, 6) is 2.12. The standard InChI is InChI=1S/C18H30N2O2/c1-2-6-16-7-8-17(22-16)13-20-12-9-18(21,15-20)14-19-10-4-3-5-11-19/h7-8,21H,2-6,9-15H2,1H3. The second-order valence-electron chi connectivity index (χ2n) is 7.14. The molecule has 2 saturated heterocycles. The van der Waals surface area contributed by atoms with Crippen LogP contribution >= 0.6 is 0 Å². The van der Waals surface area contributed by atoms with E-state index in [0.717, 1.165) is 70.1 Å². The second-order valence-corrected chi connectivity index (χ2v) is 7.14.